The number of alkyl halides is 1. The van der Waals surface area contributed by atoms with Crippen LogP contribution < -0.4 is 0 Å². The lowest BCUT2D eigenvalue weighted by Crippen LogP contribution is -2.25. The second-order valence-electron chi connectivity index (χ2n) is 3.00. The number of rotatable bonds is 4. The van der Waals surface area contributed by atoms with Crippen molar-refractivity contribution in [3.8, 4) is 0 Å². The van der Waals surface area contributed by atoms with Crippen LogP contribution in [0.4, 0.5) is 0 Å². The van der Waals surface area contributed by atoms with Gasteiger partial charge in [-0.25, -0.2) is 8.42 Å². The van der Waals surface area contributed by atoms with Gasteiger partial charge < -0.3 is 0 Å². The molecule has 0 bridgehead atoms. The summed E-state index contributed by atoms with van der Waals surface area (Å²) < 4.78 is 22.0. The molecular formula is C10H11IO3S. The number of benzene rings is 1. The summed E-state index contributed by atoms with van der Waals surface area (Å²) in [6, 6.07) is 8.47. The molecule has 0 aliphatic heterocycles. The highest BCUT2D eigenvalue weighted by Crippen LogP contribution is 2.17. The van der Waals surface area contributed by atoms with Crippen molar-refractivity contribution in [1.82, 2.24) is 0 Å². The molecule has 82 valence electrons. The van der Waals surface area contributed by atoms with Crippen LogP contribution in [-0.4, -0.2) is 23.2 Å². The lowest BCUT2D eigenvalue weighted by Gasteiger charge is -2.08. The number of hydrogen-bond acceptors (Lipinski definition) is 3. The van der Waals surface area contributed by atoms with Crippen LogP contribution in [0.3, 0.4) is 0 Å². The standard InChI is InChI=1S/C10H11IO3S/c1-2-15(13,14)10(11)9(12)8-6-4-3-5-7-8/h3-7,10H,2H2,1H3/t10-/m1/s1. The summed E-state index contributed by atoms with van der Waals surface area (Å²) in [5.74, 6) is -0.364. The first-order valence-corrected chi connectivity index (χ1v) is 7.40. The molecule has 0 fully saturated rings. The third kappa shape index (κ3) is 3.01. The Morgan fingerprint density at radius 2 is 1.87 bits per heavy atom. The number of halogens is 1. The number of carbonyl (C=O) groups excluding carboxylic acids is 1. The molecule has 0 aromatic heterocycles. The van der Waals surface area contributed by atoms with E-state index in [0.29, 0.717) is 5.56 Å². The smallest absolute Gasteiger partial charge is 0.190 e. The maximum absolute atomic E-state index is 11.8. The Kier molecular flexibility index (Phi) is 4.27. The van der Waals surface area contributed by atoms with E-state index in [1.165, 1.54) is 0 Å². The molecule has 0 unspecified atom stereocenters. The quantitative estimate of drug-likeness (QED) is 0.480. The number of sulfone groups is 1. The molecule has 0 radical (unpaired) electrons. The number of ketones is 1. The topological polar surface area (TPSA) is 51.2 Å². The van der Waals surface area contributed by atoms with Crippen molar-refractivity contribution in [2.24, 2.45) is 0 Å². The summed E-state index contributed by atoms with van der Waals surface area (Å²) in [6.45, 7) is 1.54. The first kappa shape index (κ1) is 12.6. The largest absolute Gasteiger partial charge is 0.292 e. The summed E-state index contributed by atoms with van der Waals surface area (Å²) in [4.78, 5) is 11.8. The molecule has 5 heteroatoms. The molecule has 0 saturated carbocycles. The van der Waals surface area contributed by atoms with Crippen LogP contribution in [0, 0.1) is 0 Å². The molecule has 1 atom stereocenters. The summed E-state index contributed by atoms with van der Waals surface area (Å²) in [7, 11) is -3.31. The first-order valence-electron chi connectivity index (χ1n) is 4.44. The minimum Gasteiger partial charge on any atom is -0.292 e. The zero-order valence-corrected chi connectivity index (χ0v) is 11.2. The SMILES string of the molecule is CCS(=O)(=O)[C@@H](I)C(=O)c1ccccc1. The summed E-state index contributed by atoms with van der Waals surface area (Å²) in [5.41, 5.74) is 0.439. The van der Waals surface area contributed by atoms with E-state index in [2.05, 4.69) is 0 Å². The average Bonchev–Trinajstić information content (AvgIpc) is 2.28. The molecule has 0 amide bonds. The van der Waals surface area contributed by atoms with E-state index >= 15 is 0 Å². The molecule has 15 heavy (non-hydrogen) atoms. The average molecular weight is 338 g/mol. The van der Waals surface area contributed by atoms with Crippen LogP contribution in [0.2, 0.25) is 0 Å². The summed E-state index contributed by atoms with van der Waals surface area (Å²) in [6.07, 6.45) is 0. The van der Waals surface area contributed by atoms with Crippen LogP contribution >= 0.6 is 22.6 Å². The molecule has 1 rings (SSSR count). The Hall–Kier alpha value is -0.430. The van der Waals surface area contributed by atoms with Crippen molar-refractivity contribution in [1.29, 1.82) is 0 Å². The molecule has 3 nitrogen and oxygen atoms in total. The van der Waals surface area contributed by atoms with E-state index in [1.807, 2.05) is 0 Å². The van der Waals surface area contributed by atoms with Gasteiger partial charge in [0.15, 0.2) is 18.9 Å². The van der Waals surface area contributed by atoms with Gasteiger partial charge in [-0.3, -0.25) is 4.79 Å². The van der Waals surface area contributed by atoms with Crippen LogP contribution in [0.25, 0.3) is 0 Å². The molecule has 0 N–H and O–H groups in total. The maximum atomic E-state index is 11.8. The van der Waals surface area contributed by atoms with Crippen LogP contribution in [0.15, 0.2) is 30.3 Å². The Bertz CT molecular complexity index is 439. The molecule has 1 aromatic rings. The predicted molar refractivity (Wildman–Crippen MR) is 68.0 cm³/mol. The van der Waals surface area contributed by atoms with Gasteiger partial charge in [-0.05, 0) is 0 Å². The third-order valence-corrected chi connectivity index (χ3v) is 6.52. The molecule has 0 spiro atoms. The van der Waals surface area contributed by atoms with E-state index in [-0.39, 0.29) is 11.5 Å². The van der Waals surface area contributed by atoms with Crippen LogP contribution in [0.1, 0.15) is 17.3 Å². The van der Waals surface area contributed by atoms with E-state index < -0.39 is 13.1 Å². The van der Waals surface area contributed by atoms with Gasteiger partial charge >= 0.3 is 0 Å². The summed E-state index contributed by atoms with van der Waals surface area (Å²) in [5, 5.41) is 0. The first-order chi connectivity index (χ1) is 6.99. The van der Waals surface area contributed by atoms with E-state index in [9.17, 15) is 13.2 Å². The lowest BCUT2D eigenvalue weighted by molar-refractivity contribution is 0.101. The van der Waals surface area contributed by atoms with Gasteiger partial charge in [0.25, 0.3) is 0 Å². The fourth-order valence-corrected chi connectivity index (χ4v) is 3.24. The number of carbonyl (C=O) groups is 1. The normalized spacial score (nSPS) is 13.5. The fourth-order valence-electron chi connectivity index (χ4n) is 1.04. The van der Waals surface area contributed by atoms with Gasteiger partial charge in [0.1, 0.15) is 0 Å². The minimum atomic E-state index is -3.31. The van der Waals surface area contributed by atoms with Crippen LogP contribution in [-0.2, 0) is 9.84 Å². The molecule has 1 aromatic carbocycles. The van der Waals surface area contributed by atoms with Crippen molar-refractivity contribution < 1.29 is 13.2 Å². The van der Waals surface area contributed by atoms with Gasteiger partial charge in [0, 0.05) is 11.3 Å². The maximum Gasteiger partial charge on any atom is 0.190 e. The fraction of sp³-hybridized carbons (Fsp3) is 0.300. The van der Waals surface area contributed by atoms with E-state index in [4.69, 9.17) is 0 Å². The molecule has 0 aliphatic carbocycles. The Morgan fingerprint density at radius 3 is 2.33 bits per heavy atom. The zero-order valence-electron chi connectivity index (χ0n) is 8.18. The highest BCUT2D eigenvalue weighted by Gasteiger charge is 2.28. The Morgan fingerprint density at radius 1 is 1.33 bits per heavy atom. The monoisotopic (exact) mass is 338 g/mol. The second kappa shape index (κ2) is 5.07. The van der Waals surface area contributed by atoms with Crippen molar-refractivity contribution in [3.05, 3.63) is 35.9 Å². The van der Waals surface area contributed by atoms with Crippen molar-refractivity contribution >= 4 is 38.2 Å². The van der Waals surface area contributed by atoms with Gasteiger partial charge in [-0.2, -0.15) is 0 Å². The highest BCUT2D eigenvalue weighted by atomic mass is 127. The second-order valence-corrected chi connectivity index (χ2v) is 7.46. The number of Topliss-reactive ketones (excluding diaryl/α,β-unsaturated/α-hetero) is 1. The predicted octanol–water partition coefficient (Wildman–Crippen LogP) is 2.07. The van der Waals surface area contributed by atoms with Gasteiger partial charge in [-0.1, -0.05) is 59.8 Å². The van der Waals surface area contributed by atoms with Crippen molar-refractivity contribution in [2.75, 3.05) is 5.75 Å². The summed E-state index contributed by atoms with van der Waals surface area (Å²) >= 11 is 1.68. The van der Waals surface area contributed by atoms with Crippen LogP contribution in [0.5, 0.6) is 0 Å². The van der Waals surface area contributed by atoms with Gasteiger partial charge in [0.2, 0.25) is 0 Å². The minimum absolute atomic E-state index is 0.0147. The van der Waals surface area contributed by atoms with E-state index in [0.717, 1.165) is 0 Å². The molecule has 0 aliphatic rings. The van der Waals surface area contributed by atoms with E-state index in [1.54, 1.807) is 59.8 Å². The van der Waals surface area contributed by atoms with Gasteiger partial charge in [0.05, 0.1) is 0 Å². The molecular weight excluding hydrogens is 327 g/mol. The zero-order chi connectivity index (χ0) is 11.5. The van der Waals surface area contributed by atoms with Gasteiger partial charge in [-0.15, -0.1) is 0 Å². The van der Waals surface area contributed by atoms with Crippen molar-refractivity contribution in [2.45, 2.75) is 10.2 Å². The molecule has 0 heterocycles. The lowest BCUT2D eigenvalue weighted by atomic mass is 10.2. The van der Waals surface area contributed by atoms with Crippen molar-refractivity contribution in [3.63, 3.8) is 0 Å². The highest BCUT2D eigenvalue weighted by molar-refractivity contribution is 14.1. The number of hydrogen-bond donors (Lipinski definition) is 0. The third-order valence-electron chi connectivity index (χ3n) is 1.98. The Labute approximate surface area is 103 Å². The Balaban J connectivity index is 2.97. The molecule has 0 saturated heterocycles.